The molecule has 1 aliphatic heterocycles. The van der Waals surface area contributed by atoms with Crippen molar-refractivity contribution in [3.63, 3.8) is 0 Å². The van der Waals surface area contributed by atoms with Crippen molar-refractivity contribution < 1.29 is 9.53 Å². The van der Waals surface area contributed by atoms with Crippen molar-refractivity contribution in [1.29, 1.82) is 0 Å². The average Bonchev–Trinajstić information content (AvgIpc) is 2.42. The summed E-state index contributed by atoms with van der Waals surface area (Å²) in [4.78, 5) is 13.2. The maximum Gasteiger partial charge on any atom is 0.306 e. The summed E-state index contributed by atoms with van der Waals surface area (Å²) in [6.07, 6.45) is 1.68. The number of hydrogen-bond donors (Lipinski definition) is 1. The number of nitrogens with one attached hydrogen (secondary N) is 1. The predicted octanol–water partition coefficient (Wildman–Crippen LogP) is 0.688. The van der Waals surface area contributed by atoms with Gasteiger partial charge in [0.15, 0.2) is 0 Å². The minimum absolute atomic E-state index is 0. The first-order valence-corrected chi connectivity index (χ1v) is 4.83. The molecule has 1 N–H and O–H groups in total. The van der Waals surface area contributed by atoms with Crippen LogP contribution in [0.15, 0.2) is 0 Å². The van der Waals surface area contributed by atoms with Crippen LogP contribution in [0.25, 0.3) is 0 Å². The van der Waals surface area contributed by atoms with E-state index in [2.05, 4.69) is 15.0 Å². The van der Waals surface area contributed by atoms with E-state index in [0.717, 1.165) is 32.7 Å². The second-order valence-electron chi connectivity index (χ2n) is 3.27. The summed E-state index contributed by atoms with van der Waals surface area (Å²) in [5.41, 5.74) is 0. The Hall–Kier alpha value is -0.0300. The van der Waals surface area contributed by atoms with E-state index in [9.17, 15) is 4.79 Å². The van der Waals surface area contributed by atoms with Crippen LogP contribution in [0.5, 0.6) is 0 Å². The maximum absolute atomic E-state index is 10.9. The number of hydrogen-bond acceptors (Lipinski definition) is 4. The molecule has 15 heavy (non-hydrogen) atoms. The molecule has 0 aliphatic carbocycles. The van der Waals surface area contributed by atoms with Crippen LogP contribution in [0.3, 0.4) is 0 Å². The van der Waals surface area contributed by atoms with Crippen LogP contribution in [0.4, 0.5) is 0 Å². The molecular formula is C9H20Cl2N2O2. The summed E-state index contributed by atoms with van der Waals surface area (Å²) in [5, 5.41) is 3.32. The Kier molecular flexibility index (Phi) is 12.1. The largest absolute Gasteiger partial charge is 0.469 e. The van der Waals surface area contributed by atoms with Crippen LogP contribution in [0, 0.1) is 0 Å². The monoisotopic (exact) mass is 258 g/mol. The van der Waals surface area contributed by atoms with Gasteiger partial charge in [0.25, 0.3) is 0 Å². The zero-order valence-electron chi connectivity index (χ0n) is 9.03. The number of rotatable bonds is 3. The summed E-state index contributed by atoms with van der Waals surface area (Å²) in [6.45, 7) is 5.07. The lowest BCUT2D eigenvalue weighted by Gasteiger charge is -2.18. The van der Waals surface area contributed by atoms with Crippen molar-refractivity contribution in [1.82, 2.24) is 10.2 Å². The normalized spacial score (nSPS) is 16.9. The Bertz CT molecular complexity index is 162. The molecule has 0 saturated carbocycles. The smallest absolute Gasteiger partial charge is 0.306 e. The zero-order valence-corrected chi connectivity index (χ0v) is 10.7. The first-order chi connectivity index (χ1) is 6.33. The van der Waals surface area contributed by atoms with E-state index < -0.39 is 0 Å². The minimum Gasteiger partial charge on any atom is -0.469 e. The van der Waals surface area contributed by atoms with E-state index in [1.54, 1.807) is 0 Å². The van der Waals surface area contributed by atoms with Crippen LogP contribution >= 0.6 is 24.8 Å². The fourth-order valence-corrected chi connectivity index (χ4v) is 1.48. The molecule has 0 unspecified atom stereocenters. The third-order valence-corrected chi connectivity index (χ3v) is 2.29. The molecule has 92 valence electrons. The Morgan fingerprint density at radius 1 is 1.33 bits per heavy atom. The molecule has 1 fully saturated rings. The second kappa shape index (κ2) is 10.5. The topological polar surface area (TPSA) is 41.6 Å². The number of esters is 1. The Morgan fingerprint density at radius 3 is 2.73 bits per heavy atom. The fourth-order valence-electron chi connectivity index (χ4n) is 1.48. The van der Waals surface area contributed by atoms with Crippen molar-refractivity contribution >= 4 is 30.8 Å². The van der Waals surface area contributed by atoms with Gasteiger partial charge in [-0.3, -0.25) is 4.79 Å². The van der Waals surface area contributed by atoms with Gasteiger partial charge in [0.1, 0.15) is 0 Å². The summed E-state index contributed by atoms with van der Waals surface area (Å²) in [7, 11) is 1.44. The van der Waals surface area contributed by atoms with Gasteiger partial charge in [-0.25, -0.2) is 0 Å². The molecular weight excluding hydrogens is 239 g/mol. The van der Waals surface area contributed by atoms with E-state index in [0.29, 0.717) is 6.42 Å². The van der Waals surface area contributed by atoms with Crippen LogP contribution in [-0.2, 0) is 9.53 Å². The molecule has 0 aromatic rings. The summed E-state index contributed by atoms with van der Waals surface area (Å²) < 4.78 is 4.59. The van der Waals surface area contributed by atoms with Gasteiger partial charge in [-0.1, -0.05) is 0 Å². The van der Waals surface area contributed by atoms with E-state index >= 15 is 0 Å². The van der Waals surface area contributed by atoms with Crippen LogP contribution in [0.2, 0.25) is 0 Å². The van der Waals surface area contributed by atoms with Gasteiger partial charge in [0.2, 0.25) is 0 Å². The summed E-state index contributed by atoms with van der Waals surface area (Å²) in [6, 6.07) is 0. The average molecular weight is 259 g/mol. The van der Waals surface area contributed by atoms with Gasteiger partial charge in [0.05, 0.1) is 13.5 Å². The molecule has 1 aliphatic rings. The highest BCUT2D eigenvalue weighted by Crippen LogP contribution is 1.97. The molecule has 1 rings (SSSR count). The summed E-state index contributed by atoms with van der Waals surface area (Å²) in [5.74, 6) is -0.114. The zero-order chi connectivity index (χ0) is 9.52. The summed E-state index contributed by atoms with van der Waals surface area (Å²) >= 11 is 0. The van der Waals surface area contributed by atoms with E-state index in [4.69, 9.17) is 0 Å². The molecule has 0 aromatic carbocycles. The molecule has 0 atom stereocenters. The van der Waals surface area contributed by atoms with Crippen LogP contribution < -0.4 is 5.32 Å². The Labute approximate surface area is 104 Å². The van der Waals surface area contributed by atoms with Gasteiger partial charge in [0, 0.05) is 19.6 Å². The Balaban J connectivity index is 0. The number of halogens is 2. The van der Waals surface area contributed by atoms with Crippen molar-refractivity contribution in [2.75, 3.05) is 39.8 Å². The number of carbonyl (C=O) groups excluding carboxylic acids is 1. The first kappa shape index (κ1) is 17.4. The van der Waals surface area contributed by atoms with Gasteiger partial charge in [-0.15, -0.1) is 24.8 Å². The molecule has 0 aromatic heterocycles. The number of methoxy groups -OCH3 is 1. The highest BCUT2D eigenvalue weighted by Gasteiger charge is 2.09. The van der Waals surface area contributed by atoms with Gasteiger partial charge in [-0.2, -0.15) is 0 Å². The standard InChI is InChI=1S/C9H18N2O2.2ClH/c1-13-9(12)3-7-11-6-2-4-10-5-8-11;;/h10H,2-8H2,1H3;2*1H. The number of ether oxygens (including phenoxy) is 1. The maximum atomic E-state index is 10.9. The van der Waals surface area contributed by atoms with Gasteiger partial charge < -0.3 is 15.0 Å². The number of carbonyl (C=O) groups is 1. The fraction of sp³-hybridized carbons (Fsp3) is 0.889. The molecule has 1 heterocycles. The molecule has 0 spiro atoms. The molecule has 4 nitrogen and oxygen atoms in total. The predicted molar refractivity (Wildman–Crippen MR) is 65.1 cm³/mol. The molecule has 0 radical (unpaired) electrons. The van der Waals surface area contributed by atoms with Crippen LogP contribution in [0.1, 0.15) is 12.8 Å². The quantitative estimate of drug-likeness (QED) is 0.757. The molecule has 0 bridgehead atoms. The highest BCUT2D eigenvalue weighted by molar-refractivity contribution is 5.85. The lowest BCUT2D eigenvalue weighted by Crippen LogP contribution is -2.30. The van der Waals surface area contributed by atoms with Crippen LogP contribution in [-0.4, -0.2) is 50.7 Å². The lowest BCUT2D eigenvalue weighted by molar-refractivity contribution is -0.140. The van der Waals surface area contributed by atoms with E-state index in [-0.39, 0.29) is 30.8 Å². The number of nitrogens with zero attached hydrogens (tertiary/aromatic N) is 1. The first-order valence-electron chi connectivity index (χ1n) is 4.83. The SMILES string of the molecule is COC(=O)CCN1CCCNCC1.Cl.Cl. The van der Waals surface area contributed by atoms with E-state index in [1.165, 1.54) is 13.5 Å². The van der Waals surface area contributed by atoms with Crippen molar-refractivity contribution in [2.24, 2.45) is 0 Å². The Morgan fingerprint density at radius 2 is 2.07 bits per heavy atom. The minimum atomic E-state index is -0.114. The van der Waals surface area contributed by atoms with Crippen molar-refractivity contribution in [3.05, 3.63) is 0 Å². The molecule has 1 saturated heterocycles. The highest BCUT2D eigenvalue weighted by atomic mass is 35.5. The van der Waals surface area contributed by atoms with Gasteiger partial charge >= 0.3 is 5.97 Å². The lowest BCUT2D eigenvalue weighted by atomic mass is 10.3. The van der Waals surface area contributed by atoms with E-state index in [1.807, 2.05) is 0 Å². The molecule has 0 amide bonds. The molecule has 6 heteroatoms. The third-order valence-electron chi connectivity index (χ3n) is 2.29. The van der Waals surface area contributed by atoms with Gasteiger partial charge in [-0.05, 0) is 19.5 Å². The van der Waals surface area contributed by atoms with Crippen molar-refractivity contribution in [2.45, 2.75) is 12.8 Å². The third kappa shape index (κ3) is 7.85. The van der Waals surface area contributed by atoms with Crippen molar-refractivity contribution in [3.8, 4) is 0 Å². The second-order valence-corrected chi connectivity index (χ2v) is 3.27.